The molecule has 0 saturated carbocycles. The number of allylic oxidation sites excluding steroid dienone is 4. The van der Waals surface area contributed by atoms with Crippen molar-refractivity contribution >= 4 is 11.3 Å². The van der Waals surface area contributed by atoms with Crippen LogP contribution < -0.4 is 4.74 Å². The van der Waals surface area contributed by atoms with Gasteiger partial charge in [-0.1, -0.05) is 18.6 Å². The lowest BCUT2D eigenvalue weighted by Gasteiger charge is -2.22. The number of ether oxygens (including phenoxy) is 1. The predicted molar refractivity (Wildman–Crippen MR) is 91.8 cm³/mol. The van der Waals surface area contributed by atoms with Crippen LogP contribution in [0.1, 0.15) is 32.8 Å². The molecule has 4 heteroatoms. The highest BCUT2D eigenvalue weighted by molar-refractivity contribution is 5.95. The first-order chi connectivity index (χ1) is 10.6. The van der Waals surface area contributed by atoms with Crippen molar-refractivity contribution in [2.45, 2.75) is 27.2 Å². The summed E-state index contributed by atoms with van der Waals surface area (Å²) in [6.07, 6.45) is 8.91. The molecule has 0 aromatic carbocycles. The molecule has 0 amide bonds. The molecule has 1 aromatic heterocycles. The zero-order valence-corrected chi connectivity index (χ0v) is 13.9. The van der Waals surface area contributed by atoms with Gasteiger partial charge in [0.15, 0.2) is 0 Å². The molecule has 0 radical (unpaired) electrons. The summed E-state index contributed by atoms with van der Waals surface area (Å²) in [7, 11) is 3.64. The molecule has 0 saturated heterocycles. The molecule has 0 bridgehead atoms. The summed E-state index contributed by atoms with van der Waals surface area (Å²) in [6.45, 7) is 6.27. The average molecular weight is 297 g/mol. The Bertz CT molecular complexity index is 669. The van der Waals surface area contributed by atoms with E-state index >= 15 is 0 Å². The van der Waals surface area contributed by atoms with E-state index in [0.717, 1.165) is 29.1 Å². The third kappa shape index (κ3) is 3.45. The summed E-state index contributed by atoms with van der Waals surface area (Å²) in [5, 5.41) is 0. The van der Waals surface area contributed by atoms with Gasteiger partial charge in [0, 0.05) is 36.3 Å². The van der Waals surface area contributed by atoms with Gasteiger partial charge in [-0.2, -0.15) is 0 Å². The van der Waals surface area contributed by atoms with E-state index in [9.17, 15) is 0 Å². The maximum atomic E-state index is 5.43. The van der Waals surface area contributed by atoms with Crippen LogP contribution in [-0.4, -0.2) is 29.8 Å². The van der Waals surface area contributed by atoms with Gasteiger partial charge in [0.1, 0.15) is 5.82 Å². The first-order valence-electron chi connectivity index (χ1n) is 7.44. The number of aromatic nitrogens is 1. The van der Waals surface area contributed by atoms with Crippen molar-refractivity contribution in [1.82, 2.24) is 9.88 Å². The van der Waals surface area contributed by atoms with Crippen LogP contribution in [0.15, 0.2) is 53.1 Å². The SMILES string of the molecule is CCC(C)=C/C(=C1/N=C(C)C=CN1C)c1cccnc1OC. The third-order valence-electron chi connectivity index (χ3n) is 3.60. The molecule has 0 spiro atoms. The van der Waals surface area contributed by atoms with Crippen LogP contribution in [-0.2, 0) is 0 Å². The highest BCUT2D eigenvalue weighted by Crippen LogP contribution is 2.31. The number of methoxy groups -OCH3 is 1. The largest absolute Gasteiger partial charge is 0.481 e. The minimum atomic E-state index is 0.612. The minimum Gasteiger partial charge on any atom is -0.481 e. The summed E-state index contributed by atoms with van der Waals surface area (Å²) < 4.78 is 5.43. The quantitative estimate of drug-likeness (QED) is 0.842. The van der Waals surface area contributed by atoms with Crippen molar-refractivity contribution in [1.29, 1.82) is 0 Å². The summed E-state index contributed by atoms with van der Waals surface area (Å²) in [5.41, 5.74) is 4.24. The Kier molecular flexibility index (Phi) is 5.15. The average Bonchev–Trinajstić information content (AvgIpc) is 2.54. The lowest BCUT2D eigenvalue weighted by Crippen LogP contribution is -2.16. The van der Waals surface area contributed by atoms with Gasteiger partial charge < -0.3 is 9.64 Å². The fourth-order valence-electron chi connectivity index (χ4n) is 2.19. The van der Waals surface area contributed by atoms with Crippen LogP contribution in [0.5, 0.6) is 5.88 Å². The second kappa shape index (κ2) is 7.07. The molecule has 1 aliphatic rings. The zero-order valence-electron chi connectivity index (χ0n) is 13.9. The number of rotatable bonds is 4. The Morgan fingerprint density at radius 2 is 2.18 bits per heavy atom. The fraction of sp³-hybridized carbons (Fsp3) is 0.333. The van der Waals surface area contributed by atoms with Crippen LogP contribution in [0.2, 0.25) is 0 Å². The van der Waals surface area contributed by atoms with E-state index in [1.165, 1.54) is 5.57 Å². The Morgan fingerprint density at radius 1 is 1.41 bits per heavy atom. The Hall–Kier alpha value is -2.36. The van der Waals surface area contributed by atoms with Crippen molar-refractivity contribution in [3.05, 3.63) is 53.6 Å². The monoisotopic (exact) mass is 297 g/mol. The minimum absolute atomic E-state index is 0.612. The number of nitrogens with zero attached hydrogens (tertiary/aromatic N) is 3. The molecule has 0 fully saturated rings. The van der Waals surface area contributed by atoms with E-state index < -0.39 is 0 Å². The van der Waals surface area contributed by atoms with Gasteiger partial charge in [0.2, 0.25) is 5.88 Å². The first-order valence-corrected chi connectivity index (χ1v) is 7.44. The van der Waals surface area contributed by atoms with Gasteiger partial charge in [-0.3, -0.25) is 0 Å². The summed E-state index contributed by atoms with van der Waals surface area (Å²) in [5.74, 6) is 1.51. The number of hydrogen-bond acceptors (Lipinski definition) is 4. The molecule has 4 nitrogen and oxygen atoms in total. The van der Waals surface area contributed by atoms with Gasteiger partial charge in [0.25, 0.3) is 0 Å². The van der Waals surface area contributed by atoms with Crippen molar-refractivity contribution in [3.8, 4) is 5.88 Å². The summed E-state index contributed by atoms with van der Waals surface area (Å²) in [4.78, 5) is 11.1. The number of pyridine rings is 1. The van der Waals surface area contributed by atoms with Gasteiger partial charge >= 0.3 is 0 Å². The normalized spacial score (nSPS) is 17.4. The first kappa shape index (κ1) is 16.0. The van der Waals surface area contributed by atoms with Gasteiger partial charge in [-0.15, -0.1) is 0 Å². The summed E-state index contributed by atoms with van der Waals surface area (Å²) in [6, 6.07) is 3.94. The van der Waals surface area contributed by atoms with Crippen LogP contribution >= 0.6 is 0 Å². The molecule has 0 unspecified atom stereocenters. The number of hydrogen-bond donors (Lipinski definition) is 0. The maximum Gasteiger partial charge on any atom is 0.221 e. The highest BCUT2D eigenvalue weighted by atomic mass is 16.5. The third-order valence-corrected chi connectivity index (χ3v) is 3.60. The fourth-order valence-corrected chi connectivity index (χ4v) is 2.19. The van der Waals surface area contributed by atoms with Crippen molar-refractivity contribution < 1.29 is 4.74 Å². The molecule has 0 aliphatic carbocycles. The molecule has 22 heavy (non-hydrogen) atoms. The molecule has 1 aliphatic heterocycles. The van der Waals surface area contributed by atoms with E-state index in [-0.39, 0.29) is 0 Å². The zero-order chi connectivity index (χ0) is 16.1. The lowest BCUT2D eigenvalue weighted by molar-refractivity contribution is 0.396. The molecule has 116 valence electrons. The molecular formula is C18H23N3O. The van der Waals surface area contributed by atoms with Crippen LogP contribution in [0.4, 0.5) is 0 Å². The molecular weight excluding hydrogens is 274 g/mol. The van der Waals surface area contributed by atoms with Crippen LogP contribution in [0, 0.1) is 0 Å². The van der Waals surface area contributed by atoms with Crippen LogP contribution in [0.25, 0.3) is 5.57 Å². The van der Waals surface area contributed by atoms with Gasteiger partial charge in [0.05, 0.1) is 7.11 Å². The molecule has 2 heterocycles. The second-order valence-electron chi connectivity index (χ2n) is 5.32. The van der Waals surface area contributed by atoms with Crippen molar-refractivity contribution in [2.75, 3.05) is 14.2 Å². The van der Waals surface area contributed by atoms with E-state index in [2.05, 4.69) is 24.9 Å². The lowest BCUT2D eigenvalue weighted by atomic mass is 10.0. The van der Waals surface area contributed by atoms with Crippen LogP contribution in [0.3, 0.4) is 0 Å². The Morgan fingerprint density at radius 3 is 2.86 bits per heavy atom. The standard InChI is InChI=1S/C18H23N3O/c1-6-13(2)12-16(15-8-7-10-19-18(15)22-5)17-20-14(3)9-11-21(17)4/h7-12H,6H2,1-5H3/b13-12?,17-16+. The second-order valence-corrected chi connectivity index (χ2v) is 5.32. The van der Waals surface area contributed by atoms with Crippen molar-refractivity contribution in [3.63, 3.8) is 0 Å². The van der Waals surface area contributed by atoms with Gasteiger partial charge in [-0.25, -0.2) is 9.98 Å². The highest BCUT2D eigenvalue weighted by Gasteiger charge is 2.17. The smallest absolute Gasteiger partial charge is 0.221 e. The predicted octanol–water partition coefficient (Wildman–Crippen LogP) is 4.04. The maximum absolute atomic E-state index is 5.43. The molecule has 1 aromatic rings. The van der Waals surface area contributed by atoms with E-state index in [1.54, 1.807) is 13.3 Å². The summed E-state index contributed by atoms with van der Waals surface area (Å²) >= 11 is 0. The van der Waals surface area contributed by atoms with Gasteiger partial charge in [-0.05, 0) is 38.5 Å². The molecule has 2 rings (SSSR count). The number of aliphatic imine (C=N–C) groups is 1. The van der Waals surface area contributed by atoms with E-state index in [0.29, 0.717) is 5.88 Å². The van der Waals surface area contributed by atoms with Crippen molar-refractivity contribution in [2.24, 2.45) is 4.99 Å². The molecule has 0 N–H and O–H groups in total. The topological polar surface area (TPSA) is 37.7 Å². The van der Waals surface area contributed by atoms with E-state index in [4.69, 9.17) is 9.73 Å². The Labute approximate surface area is 132 Å². The van der Waals surface area contributed by atoms with E-state index in [1.807, 2.05) is 43.3 Å². The Balaban J connectivity index is 2.70. The molecule has 0 atom stereocenters.